The molecular weight excluding hydrogens is 418 g/mol. The van der Waals surface area contributed by atoms with E-state index in [1.54, 1.807) is 30.5 Å². The Bertz CT molecular complexity index is 1050. The first-order valence-corrected chi connectivity index (χ1v) is 11.6. The van der Waals surface area contributed by atoms with Crippen LogP contribution in [0.5, 0.6) is 11.6 Å². The van der Waals surface area contributed by atoms with Gasteiger partial charge in [-0.15, -0.1) is 0 Å². The first kappa shape index (κ1) is 22.8. The van der Waals surface area contributed by atoms with Gasteiger partial charge in [0.05, 0.1) is 7.11 Å². The molecular formula is C22H27N3O5S. The predicted molar refractivity (Wildman–Crippen MR) is 117 cm³/mol. The summed E-state index contributed by atoms with van der Waals surface area (Å²) in [4.78, 5) is 16.6. The molecule has 0 bridgehead atoms. The van der Waals surface area contributed by atoms with E-state index in [9.17, 15) is 13.2 Å². The number of methoxy groups -OCH3 is 1. The maximum Gasteiger partial charge on any atom is 0.244 e. The van der Waals surface area contributed by atoms with Crippen molar-refractivity contribution < 1.29 is 22.7 Å². The molecule has 1 aromatic heterocycles. The molecule has 0 aliphatic heterocycles. The topological polar surface area (TPSA) is 107 Å². The van der Waals surface area contributed by atoms with E-state index >= 15 is 0 Å². The first-order valence-electron chi connectivity index (χ1n) is 10.1. The van der Waals surface area contributed by atoms with E-state index in [2.05, 4.69) is 15.0 Å². The summed E-state index contributed by atoms with van der Waals surface area (Å²) in [6, 6.07) is 8.35. The summed E-state index contributed by atoms with van der Waals surface area (Å²) in [5, 5.41) is 2.81. The molecule has 8 nitrogen and oxygen atoms in total. The molecule has 2 N–H and O–H groups in total. The van der Waals surface area contributed by atoms with Crippen molar-refractivity contribution in [1.82, 2.24) is 15.0 Å². The molecule has 1 saturated carbocycles. The molecule has 1 aliphatic carbocycles. The SMILES string of the molecule is CNS(=O)(=O)c1cc(/C=C/C(=O)NCc2cccnc2OC2CCCC2)ccc1OC. The largest absolute Gasteiger partial charge is 0.495 e. The Morgan fingerprint density at radius 1 is 1.26 bits per heavy atom. The van der Waals surface area contributed by atoms with Gasteiger partial charge in [0.1, 0.15) is 16.7 Å². The third-order valence-corrected chi connectivity index (χ3v) is 6.49. The minimum Gasteiger partial charge on any atom is -0.495 e. The van der Waals surface area contributed by atoms with Crippen molar-refractivity contribution in [1.29, 1.82) is 0 Å². The lowest BCUT2D eigenvalue weighted by atomic mass is 10.2. The summed E-state index contributed by atoms with van der Waals surface area (Å²) in [5.74, 6) is 0.461. The van der Waals surface area contributed by atoms with Crippen LogP contribution in [0.1, 0.15) is 36.8 Å². The molecule has 1 aromatic carbocycles. The molecule has 9 heteroatoms. The highest BCUT2D eigenvalue weighted by atomic mass is 32.2. The van der Waals surface area contributed by atoms with Gasteiger partial charge >= 0.3 is 0 Å². The monoisotopic (exact) mass is 445 g/mol. The molecule has 3 rings (SSSR count). The Balaban J connectivity index is 1.65. The van der Waals surface area contributed by atoms with E-state index in [0.717, 1.165) is 31.2 Å². The van der Waals surface area contributed by atoms with Crippen LogP contribution in [0, 0.1) is 0 Å². The van der Waals surface area contributed by atoms with E-state index in [0.29, 0.717) is 11.4 Å². The second-order valence-electron chi connectivity index (χ2n) is 7.16. The van der Waals surface area contributed by atoms with Crippen molar-refractivity contribution in [2.75, 3.05) is 14.2 Å². The molecule has 2 aromatic rings. The molecule has 1 heterocycles. The van der Waals surface area contributed by atoms with Gasteiger partial charge in [-0.25, -0.2) is 18.1 Å². The fraction of sp³-hybridized carbons (Fsp3) is 0.364. The smallest absolute Gasteiger partial charge is 0.244 e. The van der Waals surface area contributed by atoms with Crippen LogP contribution in [0.2, 0.25) is 0 Å². The van der Waals surface area contributed by atoms with E-state index in [4.69, 9.17) is 9.47 Å². The van der Waals surface area contributed by atoms with Crippen molar-refractivity contribution in [3.8, 4) is 11.6 Å². The van der Waals surface area contributed by atoms with Crippen molar-refractivity contribution >= 4 is 22.0 Å². The van der Waals surface area contributed by atoms with Crippen molar-refractivity contribution in [3.63, 3.8) is 0 Å². The van der Waals surface area contributed by atoms with Crippen LogP contribution in [0.15, 0.2) is 47.5 Å². The highest BCUT2D eigenvalue weighted by Crippen LogP contribution is 2.26. The average molecular weight is 446 g/mol. The average Bonchev–Trinajstić information content (AvgIpc) is 3.30. The molecule has 31 heavy (non-hydrogen) atoms. The van der Waals surface area contributed by atoms with Gasteiger partial charge in [-0.1, -0.05) is 12.1 Å². The van der Waals surface area contributed by atoms with E-state index in [-0.39, 0.29) is 29.2 Å². The molecule has 0 saturated heterocycles. The summed E-state index contributed by atoms with van der Waals surface area (Å²) >= 11 is 0. The van der Waals surface area contributed by atoms with E-state index in [1.165, 1.54) is 26.3 Å². The highest BCUT2D eigenvalue weighted by molar-refractivity contribution is 7.89. The molecule has 1 amide bonds. The zero-order chi connectivity index (χ0) is 22.3. The minimum absolute atomic E-state index is 0.00382. The zero-order valence-electron chi connectivity index (χ0n) is 17.6. The standard InChI is InChI=1S/C22H27N3O5S/c1-23-31(27,28)20-14-16(9-11-19(20)29-2)10-12-21(26)25-15-17-6-5-13-24-22(17)30-18-7-3-4-8-18/h5-6,9-14,18,23H,3-4,7-8,15H2,1-2H3,(H,25,26)/b12-10+. The summed E-state index contributed by atoms with van der Waals surface area (Å²) in [7, 11) is -0.967. The number of ether oxygens (including phenoxy) is 2. The Labute approximate surface area is 182 Å². The number of benzene rings is 1. The second kappa shape index (κ2) is 10.4. The first-order chi connectivity index (χ1) is 14.9. The molecule has 166 valence electrons. The van der Waals surface area contributed by atoms with Gasteiger partial charge in [-0.05, 0) is 62.6 Å². The Kier molecular flexibility index (Phi) is 7.64. The zero-order valence-corrected chi connectivity index (χ0v) is 18.4. The number of nitrogens with one attached hydrogen (secondary N) is 2. The van der Waals surface area contributed by atoms with Gasteiger partial charge < -0.3 is 14.8 Å². The number of amides is 1. The number of aromatic nitrogens is 1. The number of carbonyl (C=O) groups excluding carboxylic acids is 1. The minimum atomic E-state index is -3.69. The lowest BCUT2D eigenvalue weighted by molar-refractivity contribution is -0.116. The second-order valence-corrected chi connectivity index (χ2v) is 9.02. The van der Waals surface area contributed by atoms with Gasteiger partial charge in [0.25, 0.3) is 0 Å². The number of carbonyl (C=O) groups is 1. The number of hydrogen-bond donors (Lipinski definition) is 2. The molecule has 0 atom stereocenters. The van der Waals surface area contributed by atoms with Gasteiger partial charge in [0.15, 0.2) is 0 Å². The van der Waals surface area contributed by atoms with Crippen LogP contribution in [0.3, 0.4) is 0 Å². The highest BCUT2D eigenvalue weighted by Gasteiger charge is 2.19. The van der Waals surface area contributed by atoms with Gasteiger partial charge in [0, 0.05) is 24.4 Å². The van der Waals surface area contributed by atoms with E-state index in [1.807, 2.05) is 6.07 Å². The van der Waals surface area contributed by atoms with Crippen LogP contribution < -0.4 is 19.5 Å². The van der Waals surface area contributed by atoms with Crippen LogP contribution in [0.4, 0.5) is 0 Å². The lowest BCUT2D eigenvalue weighted by Crippen LogP contribution is -2.22. The fourth-order valence-corrected chi connectivity index (χ4v) is 4.29. The van der Waals surface area contributed by atoms with Crippen LogP contribution in [0.25, 0.3) is 6.08 Å². The number of nitrogens with zero attached hydrogens (tertiary/aromatic N) is 1. The quantitative estimate of drug-likeness (QED) is 0.575. The normalized spacial score (nSPS) is 14.6. The Morgan fingerprint density at radius 2 is 2.03 bits per heavy atom. The van der Waals surface area contributed by atoms with Crippen LogP contribution in [-0.4, -0.2) is 39.6 Å². The van der Waals surface area contributed by atoms with Gasteiger partial charge in [-0.2, -0.15) is 0 Å². The predicted octanol–water partition coefficient (Wildman–Crippen LogP) is 2.65. The molecule has 0 radical (unpaired) electrons. The third kappa shape index (κ3) is 6.05. The van der Waals surface area contributed by atoms with Gasteiger partial charge in [-0.3, -0.25) is 4.79 Å². The molecule has 0 unspecified atom stereocenters. The van der Waals surface area contributed by atoms with Gasteiger partial charge in [0.2, 0.25) is 21.8 Å². The third-order valence-electron chi connectivity index (χ3n) is 5.06. The van der Waals surface area contributed by atoms with Crippen molar-refractivity contribution in [2.45, 2.75) is 43.2 Å². The van der Waals surface area contributed by atoms with Crippen molar-refractivity contribution in [2.24, 2.45) is 0 Å². The molecule has 1 aliphatic rings. The summed E-state index contributed by atoms with van der Waals surface area (Å²) in [6.07, 6.45) is 9.14. The van der Waals surface area contributed by atoms with Crippen molar-refractivity contribution in [3.05, 3.63) is 53.7 Å². The Hall–Kier alpha value is -2.91. The maximum atomic E-state index is 12.3. The lowest BCUT2D eigenvalue weighted by Gasteiger charge is -2.15. The van der Waals surface area contributed by atoms with Crippen LogP contribution in [-0.2, 0) is 21.4 Å². The summed E-state index contributed by atoms with van der Waals surface area (Å²) in [5.41, 5.74) is 1.36. The summed E-state index contributed by atoms with van der Waals surface area (Å²) in [6.45, 7) is 0.279. The van der Waals surface area contributed by atoms with Crippen LogP contribution >= 0.6 is 0 Å². The number of sulfonamides is 1. The number of hydrogen-bond acceptors (Lipinski definition) is 6. The Morgan fingerprint density at radius 3 is 2.74 bits per heavy atom. The van der Waals surface area contributed by atoms with E-state index < -0.39 is 10.0 Å². The number of pyridine rings is 1. The fourth-order valence-electron chi connectivity index (χ4n) is 3.36. The maximum absolute atomic E-state index is 12.3. The molecule has 1 fully saturated rings. The summed E-state index contributed by atoms with van der Waals surface area (Å²) < 4.78 is 37.7. The number of rotatable bonds is 9. The molecule has 0 spiro atoms.